The van der Waals surface area contributed by atoms with Crippen molar-refractivity contribution in [3.05, 3.63) is 23.7 Å². The molecule has 3 heteroatoms. The highest BCUT2D eigenvalue weighted by Crippen LogP contribution is 2.11. The first-order chi connectivity index (χ1) is 3.97. The lowest BCUT2D eigenvalue weighted by Crippen LogP contribution is -2.18. The van der Waals surface area contributed by atoms with E-state index in [-0.39, 0.29) is 0 Å². The molecule has 0 unspecified atom stereocenters. The number of rotatable bonds is 0. The fourth-order valence-corrected chi connectivity index (χ4v) is 0.897. The van der Waals surface area contributed by atoms with E-state index in [0.29, 0.717) is 0 Å². The van der Waals surface area contributed by atoms with Gasteiger partial charge in [-0.15, -0.1) is 0 Å². The van der Waals surface area contributed by atoms with E-state index in [0.717, 1.165) is 6.54 Å². The van der Waals surface area contributed by atoms with Gasteiger partial charge in [0.05, 0.1) is 5.70 Å². The van der Waals surface area contributed by atoms with Gasteiger partial charge in [-0.05, 0) is 0 Å². The number of hydrogen-bond donors (Lipinski definition) is 3. The molecule has 8 heavy (non-hydrogen) atoms. The van der Waals surface area contributed by atoms with E-state index in [4.69, 9.17) is 0 Å². The first-order valence-corrected chi connectivity index (χ1v) is 2.61. The second-order valence-electron chi connectivity index (χ2n) is 1.88. The predicted molar refractivity (Wildman–Crippen MR) is 30.4 cm³/mol. The molecule has 42 valence electrons. The van der Waals surface area contributed by atoms with Gasteiger partial charge >= 0.3 is 0 Å². The number of hydrogen-bond acceptors (Lipinski definition) is 3. The van der Waals surface area contributed by atoms with Crippen LogP contribution < -0.4 is 16.2 Å². The van der Waals surface area contributed by atoms with Crippen molar-refractivity contribution < 1.29 is 0 Å². The van der Waals surface area contributed by atoms with Crippen molar-refractivity contribution in [2.45, 2.75) is 0 Å². The highest BCUT2D eigenvalue weighted by molar-refractivity contribution is 5.37. The molecule has 0 fully saturated rings. The summed E-state index contributed by atoms with van der Waals surface area (Å²) in [6.45, 7) is 0.954. The van der Waals surface area contributed by atoms with E-state index in [1.807, 2.05) is 12.4 Å². The maximum atomic E-state index is 3.09. The SMILES string of the molecule is C1=C2CNC=C2NN1. The fraction of sp³-hybridized carbons (Fsp3) is 0.200. The van der Waals surface area contributed by atoms with Crippen molar-refractivity contribution >= 4 is 0 Å². The van der Waals surface area contributed by atoms with Crippen molar-refractivity contribution in [1.29, 1.82) is 0 Å². The third kappa shape index (κ3) is 0.332. The largest absolute Gasteiger partial charge is 0.385 e. The van der Waals surface area contributed by atoms with Gasteiger partial charge in [0.2, 0.25) is 0 Å². The molecule has 0 radical (unpaired) electrons. The summed E-state index contributed by atoms with van der Waals surface area (Å²) >= 11 is 0. The van der Waals surface area contributed by atoms with Crippen LogP contribution in [0.15, 0.2) is 23.7 Å². The van der Waals surface area contributed by atoms with Gasteiger partial charge in [0, 0.05) is 24.5 Å². The van der Waals surface area contributed by atoms with Gasteiger partial charge in [-0.25, -0.2) is 0 Å². The summed E-state index contributed by atoms with van der Waals surface area (Å²) in [6, 6.07) is 0. The minimum atomic E-state index is 0.954. The van der Waals surface area contributed by atoms with Crippen LogP contribution in [0.1, 0.15) is 0 Å². The number of nitrogens with one attached hydrogen (secondary N) is 3. The van der Waals surface area contributed by atoms with Crippen LogP contribution >= 0.6 is 0 Å². The lowest BCUT2D eigenvalue weighted by Gasteiger charge is -1.92. The molecule has 0 aliphatic carbocycles. The highest BCUT2D eigenvalue weighted by Gasteiger charge is 2.13. The highest BCUT2D eigenvalue weighted by atomic mass is 15.4. The average Bonchev–Trinajstić information content (AvgIpc) is 2.15. The van der Waals surface area contributed by atoms with Crippen molar-refractivity contribution in [3.8, 4) is 0 Å². The zero-order valence-electron chi connectivity index (χ0n) is 4.36. The molecule has 2 rings (SSSR count). The van der Waals surface area contributed by atoms with Crippen LogP contribution in [0.3, 0.4) is 0 Å². The van der Waals surface area contributed by atoms with E-state index in [2.05, 4.69) is 16.2 Å². The molecule has 0 atom stereocenters. The first kappa shape index (κ1) is 3.83. The molecule has 3 N–H and O–H groups in total. The lowest BCUT2D eigenvalue weighted by molar-refractivity contribution is 0.782. The summed E-state index contributed by atoms with van der Waals surface area (Å²) in [5.41, 5.74) is 8.36. The Morgan fingerprint density at radius 2 is 2.38 bits per heavy atom. The molecular weight excluding hydrogens is 102 g/mol. The zero-order chi connectivity index (χ0) is 5.40. The van der Waals surface area contributed by atoms with Crippen LogP contribution in [0.5, 0.6) is 0 Å². The summed E-state index contributed by atoms with van der Waals surface area (Å²) < 4.78 is 0. The number of fused-ring (bicyclic) bond motifs is 1. The minimum absolute atomic E-state index is 0.954. The predicted octanol–water partition coefficient (Wildman–Crippen LogP) is -0.577. The van der Waals surface area contributed by atoms with E-state index in [1.54, 1.807) is 0 Å². The Bertz CT molecular complexity index is 149. The maximum Gasteiger partial charge on any atom is 0.0761 e. The van der Waals surface area contributed by atoms with Crippen LogP contribution in [0.25, 0.3) is 0 Å². The summed E-state index contributed by atoms with van der Waals surface area (Å²) in [4.78, 5) is 0. The van der Waals surface area contributed by atoms with Gasteiger partial charge in [-0.1, -0.05) is 0 Å². The zero-order valence-corrected chi connectivity index (χ0v) is 4.36. The molecule has 2 aliphatic heterocycles. The second-order valence-corrected chi connectivity index (χ2v) is 1.88. The topological polar surface area (TPSA) is 36.1 Å². The molecule has 0 aromatic carbocycles. The van der Waals surface area contributed by atoms with E-state index < -0.39 is 0 Å². The van der Waals surface area contributed by atoms with Crippen LogP contribution in [-0.2, 0) is 0 Å². The Hall–Kier alpha value is -1.12. The Kier molecular flexibility index (Phi) is 0.566. The summed E-state index contributed by atoms with van der Waals surface area (Å²) in [5.74, 6) is 0. The van der Waals surface area contributed by atoms with Crippen molar-refractivity contribution in [2.24, 2.45) is 0 Å². The van der Waals surface area contributed by atoms with Gasteiger partial charge in [0.1, 0.15) is 0 Å². The molecule has 2 aliphatic rings. The molecule has 3 nitrogen and oxygen atoms in total. The van der Waals surface area contributed by atoms with Gasteiger partial charge in [-0.2, -0.15) is 0 Å². The molecule has 0 aromatic rings. The Labute approximate surface area is 47.4 Å². The second kappa shape index (κ2) is 1.18. The molecule has 0 bridgehead atoms. The van der Waals surface area contributed by atoms with E-state index >= 15 is 0 Å². The number of hydrazine groups is 1. The standard InChI is InChI=1S/C5H7N3/c1-4-2-7-8-5(4)3-6-1/h2-3,6-8H,1H2. The summed E-state index contributed by atoms with van der Waals surface area (Å²) in [7, 11) is 0. The van der Waals surface area contributed by atoms with Crippen molar-refractivity contribution in [2.75, 3.05) is 6.54 Å². The summed E-state index contributed by atoms with van der Waals surface area (Å²) in [6.07, 6.45) is 3.93. The molecule has 0 amide bonds. The molecule has 2 heterocycles. The van der Waals surface area contributed by atoms with Crippen LogP contribution in [-0.4, -0.2) is 6.54 Å². The van der Waals surface area contributed by atoms with Gasteiger partial charge in [0.25, 0.3) is 0 Å². The van der Waals surface area contributed by atoms with Crippen molar-refractivity contribution in [3.63, 3.8) is 0 Å². The molecular formula is C5H7N3. The average molecular weight is 109 g/mol. The molecule has 0 saturated heterocycles. The lowest BCUT2D eigenvalue weighted by atomic mass is 10.3. The van der Waals surface area contributed by atoms with Crippen molar-refractivity contribution in [1.82, 2.24) is 16.2 Å². The van der Waals surface area contributed by atoms with Gasteiger partial charge in [0.15, 0.2) is 0 Å². The molecule has 0 saturated carbocycles. The Morgan fingerprint density at radius 1 is 1.38 bits per heavy atom. The molecule has 0 aromatic heterocycles. The summed E-state index contributed by atoms with van der Waals surface area (Å²) in [5, 5.41) is 3.09. The normalized spacial score (nSPS) is 22.0. The van der Waals surface area contributed by atoms with Crippen LogP contribution in [0.2, 0.25) is 0 Å². The van der Waals surface area contributed by atoms with Crippen LogP contribution in [0.4, 0.5) is 0 Å². The third-order valence-electron chi connectivity index (χ3n) is 1.34. The molecule has 0 spiro atoms. The smallest absolute Gasteiger partial charge is 0.0761 e. The first-order valence-electron chi connectivity index (χ1n) is 2.61. The fourth-order valence-electron chi connectivity index (χ4n) is 0.897. The van der Waals surface area contributed by atoms with Gasteiger partial charge in [-0.3, -0.25) is 5.43 Å². The van der Waals surface area contributed by atoms with Gasteiger partial charge < -0.3 is 10.7 Å². The minimum Gasteiger partial charge on any atom is -0.385 e. The van der Waals surface area contributed by atoms with Crippen LogP contribution in [0, 0.1) is 0 Å². The van der Waals surface area contributed by atoms with E-state index in [1.165, 1.54) is 11.3 Å². The Balaban J connectivity index is 2.37. The monoisotopic (exact) mass is 109 g/mol. The maximum absolute atomic E-state index is 3.09. The third-order valence-corrected chi connectivity index (χ3v) is 1.34. The van der Waals surface area contributed by atoms with E-state index in [9.17, 15) is 0 Å². The quantitative estimate of drug-likeness (QED) is 0.389. The Morgan fingerprint density at radius 3 is 3.25 bits per heavy atom.